The van der Waals surface area contributed by atoms with Crippen LogP contribution in [-0.2, 0) is 14.4 Å². The number of fused-ring (bicyclic) bond motifs is 1. The van der Waals surface area contributed by atoms with Gasteiger partial charge in [0.15, 0.2) is 0 Å². The second-order valence-corrected chi connectivity index (χ2v) is 3.74. The summed E-state index contributed by atoms with van der Waals surface area (Å²) >= 11 is 0. The highest BCUT2D eigenvalue weighted by Gasteiger charge is 2.47. The Hall–Kier alpha value is -1.39. The van der Waals surface area contributed by atoms with Gasteiger partial charge in [-0.05, 0) is 6.92 Å². The predicted octanol–water partition coefficient (Wildman–Crippen LogP) is -1.08. The Labute approximate surface area is 81.4 Å². The first-order valence-corrected chi connectivity index (χ1v) is 4.69. The molecular weight excluding hydrogens is 184 g/mol. The minimum absolute atomic E-state index is 0.0787. The Bertz CT molecular complexity index is 313. The molecule has 2 amide bonds. The zero-order chi connectivity index (χ0) is 10.3. The smallest absolute Gasteiger partial charge is 0.243 e. The summed E-state index contributed by atoms with van der Waals surface area (Å²) in [6.45, 7) is 2.45. The minimum Gasteiger partial charge on any atom is -0.353 e. The summed E-state index contributed by atoms with van der Waals surface area (Å²) in [6.07, 6.45) is 0.188. The monoisotopic (exact) mass is 196 g/mol. The highest BCUT2D eigenvalue weighted by atomic mass is 16.2. The lowest BCUT2D eigenvalue weighted by Crippen LogP contribution is -2.55. The summed E-state index contributed by atoms with van der Waals surface area (Å²) in [6, 6.07) is -0.547. The fourth-order valence-electron chi connectivity index (χ4n) is 2.15. The summed E-state index contributed by atoms with van der Waals surface area (Å²) in [5, 5.41) is 2.67. The van der Waals surface area contributed by atoms with Gasteiger partial charge in [0.1, 0.15) is 11.8 Å². The number of piperazine rings is 1. The van der Waals surface area contributed by atoms with Crippen LogP contribution < -0.4 is 5.32 Å². The molecule has 0 bridgehead atoms. The van der Waals surface area contributed by atoms with Crippen LogP contribution >= 0.6 is 0 Å². The van der Waals surface area contributed by atoms with Crippen molar-refractivity contribution in [2.24, 2.45) is 5.92 Å². The fourth-order valence-corrected chi connectivity index (χ4v) is 2.15. The molecule has 2 unspecified atom stereocenters. The summed E-state index contributed by atoms with van der Waals surface area (Å²) < 4.78 is 0. The molecule has 0 aliphatic carbocycles. The molecule has 2 fully saturated rings. The van der Waals surface area contributed by atoms with E-state index in [0.717, 1.165) is 0 Å². The quantitative estimate of drug-likeness (QED) is 0.580. The van der Waals surface area contributed by atoms with Crippen molar-refractivity contribution >= 4 is 17.6 Å². The van der Waals surface area contributed by atoms with Gasteiger partial charge in [0.2, 0.25) is 11.8 Å². The molecule has 1 N–H and O–H groups in total. The summed E-state index contributed by atoms with van der Waals surface area (Å²) in [5.74, 6) is -0.793. The van der Waals surface area contributed by atoms with E-state index >= 15 is 0 Å². The number of amides is 2. The van der Waals surface area contributed by atoms with Gasteiger partial charge in [-0.15, -0.1) is 0 Å². The number of carbonyl (C=O) groups is 3. The van der Waals surface area contributed by atoms with E-state index in [4.69, 9.17) is 0 Å². The van der Waals surface area contributed by atoms with Crippen LogP contribution in [0.1, 0.15) is 13.3 Å². The maximum atomic E-state index is 11.5. The van der Waals surface area contributed by atoms with E-state index in [1.165, 1.54) is 11.8 Å². The molecule has 76 valence electrons. The van der Waals surface area contributed by atoms with Gasteiger partial charge in [-0.2, -0.15) is 0 Å². The largest absolute Gasteiger partial charge is 0.353 e. The van der Waals surface area contributed by atoms with Crippen LogP contribution in [0.3, 0.4) is 0 Å². The van der Waals surface area contributed by atoms with Crippen LogP contribution in [0.5, 0.6) is 0 Å². The van der Waals surface area contributed by atoms with E-state index in [1.54, 1.807) is 0 Å². The van der Waals surface area contributed by atoms with Crippen LogP contribution in [0.15, 0.2) is 0 Å². The van der Waals surface area contributed by atoms with E-state index < -0.39 is 12.0 Å². The van der Waals surface area contributed by atoms with E-state index in [1.807, 2.05) is 0 Å². The molecule has 2 rings (SSSR count). The van der Waals surface area contributed by atoms with Crippen molar-refractivity contribution in [3.8, 4) is 0 Å². The maximum Gasteiger partial charge on any atom is 0.243 e. The van der Waals surface area contributed by atoms with Crippen molar-refractivity contribution in [1.29, 1.82) is 0 Å². The first-order chi connectivity index (χ1) is 6.61. The van der Waals surface area contributed by atoms with Gasteiger partial charge in [-0.3, -0.25) is 14.4 Å². The second-order valence-electron chi connectivity index (χ2n) is 3.74. The number of Topliss-reactive ketones (excluding diaryl/α,β-unsaturated/α-hetero) is 1. The van der Waals surface area contributed by atoms with E-state index in [-0.39, 0.29) is 24.0 Å². The number of carbonyl (C=O) groups excluding carboxylic acids is 3. The summed E-state index contributed by atoms with van der Waals surface area (Å²) in [4.78, 5) is 35.7. The van der Waals surface area contributed by atoms with Gasteiger partial charge in [0.25, 0.3) is 0 Å². The number of hydrogen-bond acceptors (Lipinski definition) is 3. The average molecular weight is 196 g/mol. The zero-order valence-electron chi connectivity index (χ0n) is 7.95. The van der Waals surface area contributed by atoms with Crippen LogP contribution in [0.4, 0.5) is 0 Å². The Kier molecular flexibility index (Phi) is 2.02. The Morgan fingerprint density at radius 2 is 2.21 bits per heavy atom. The number of ketones is 1. The average Bonchev–Trinajstić information content (AvgIpc) is 2.46. The van der Waals surface area contributed by atoms with Gasteiger partial charge < -0.3 is 10.2 Å². The molecule has 5 heteroatoms. The van der Waals surface area contributed by atoms with Crippen LogP contribution in [0, 0.1) is 5.92 Å². The van der Waals surface area contributed by atoms with Crippen molar-refractivity contribution in [1.82, 2.24) is 10.2 Å². The molecule has 0 aromatic carbocycles. The zero-order valence-corrected chi connectivity index (χ0v) is 7.95. The Balaban J connectivity index is 2.28. The highest BCUT2D eigenvalue weighted by Crippen LogP contribution is 2.27. The maximum absolute atomic E-state index is 11.5. The standard InChI is InChI=1S/C9H12N2O3/c1-5(12)6-4-7(13)11-3-2-10-9(14)8(6)11/h6,8H,2-4H2,1H3,(H,10,14). The van der Waals surface area contributed by atoms with E-state index in [9.17, 15) is 14.4 Å². The van der Waals surface area contributed by atoms with Crippen molar-refractivity contribution in [3.05, 3.63) is 0 Å². The molecule has 2 aliphatic heterocycles. The first kappa shape index (κ1) is 9.18. The molecule has 0 radical (unpaired) electrons. The third kappa shape index (κ3) is 1.20. The number of rotatable bonds is 1. The Morgan fingerprint density at radius 1 is 1.50 bits per heavy atom. The lowest BCUT2D eigenvalue weighted by Gasteiger charge is -2.30. The van der Waals surface area contributed by atoms with Crippen molar-refractivity contribution in [3.63, 3.8) is 0 Å². The molecule has 2 heterocycles. The lowest BCUT2D eigenvalue weighted by atomic mass is 9.95. The first-order valence-electron chi connectivity index (χ1n) is 4.69. The molecule has 5 nitrogen and oxygen atoms in total. The van der Waals surface area contributed by atoms with Gasteiger partial charge in [-0.25, -0.2) is 0 Å². The summed E-state index contributed by atoms with van der Waals surface area (Å²) in [7, 11) is 0. The second kappa shape index (κ2) is 3.08. The molecular formula is C9H12N2O3. The van der Waals surface area contributed by atoms with Crippen molar-refractivity contribution < 1.29 is 14.4 Å². The van der Waals surface area contributed by atoms with Crippen molar-refractivity contribution in [2.75, 3.05) is 13.1 Å². The van der Waals surface area contributed by atoms with Crippen LogP contribution in [0.2, 0.25) is 0 Å². The Morgan fingerprint density at radius 3 is 2.86 bits per heavy atom. The molecule has 0 spiro atoms. The van der Waals surface area contributed by atoms with Crippen molar-refractivity contribution in [2.45, 2.75) is 19.4 Å². The predicted molar refractivity (Wildman–Crippen MR) is 47.3 cm³/mol. The van der Waals surface area contributed by atoms with Crippen LogP contribution in [-0.4, -0.2) is 41.6 Å². The molecule has 2 atom stereocenters. The molecule has 0 aromatic rings. The van der Waals surface area contributed by atoms with Gasteiger partial charge in [-0.1, -0.05) is 0 Å². The molecule has 2 aliphatic rings. The highest BCUT2D eigenvalue weighted by molar-refractivity contribution is 5.99. The normalized spacial score (nSPS) is 31.4. The number of nitrogens with one attached hydrogen (secondary N) is 1. The third-order valence-corrected chi connectivity index (χ3v) is 2.87. The molecule has 0 saturated carbocycles. The number of nitrogens with zero attached hydrogens (tertiary/aromatic N) is 1. The summed E-state index contributed by atoms with van der Waals surface area (Å²) in [5.41, 5.74) is 0. The topological polar surface area (TPSA) is 66.5 Å². The molecule has 0 aromatic heterocycles. The van der Waals surface area contributed by atoms with Gasteiger partial charge >= 0.3 is 0 Å². The number of hydrogen-bond donors (Lipinski definition) is 1. The third-order valence-electron chi connectivity index (χ3n) is 2.87. The van der Waals surface area contributed by atoms with E-state index in [0.29, 0.717) is 13.1 Å². The van der Waals surface area contributed by atoms with Gasteiger partial charge in [0, 0.05) is 19.5 Å². The molecule has 2 saturated heterocycles. The van der Waals surface area contributed by atoms with E-state index in [2.05, 4.69) is 5.32 Å². The minimum atomic E-state index is -0.547. The fraction of sp³-hybridized carbons (Fsp3) is 0.667. The lowest BCUT2D eigenvalue weighted by molar-refractivity contribution is -0.139. The SMILES string of the molecule is CC(=O)C1CC(=O)N2CCNC(=O)C12. The van der Waals surface area contributed by atoms with Crippen LogP contribution in [0.25, 0.3) is 0 Å². The molecule has 14 heavy (non-hydrogen) atoms. The van der Waals surface area contributed by atoms with Gasteiger partial charge in [0.05, 0.1) is 5.92 Å².